The van der Waals surface area contributed by atoms with Crippen LogP contribution in [0.4, 0.5) is 0 Å². The first-order valence-corrected chi connectivity index (χ1v) is 6.69. The van der Waals surface area contributed by atoms with Crippen molar-refractivity contribution in [3.8, 4) is 5.75 Å². The molecule has 2 N–H and O–H groups in total. The molecule has 0 saturated heterocycles. The maximum atomic E-state index is 6.10. The Morgan fingerprint density at radius 3 is 2.76 bits per heavy atom. The summed E-state index contributed by atoms with van der Waals surface area (Å²) < 4.78 is 6.10. The van der Waals surface area contributed by atoms with Crippen molar-refractivity contribution in [1.82, 2.24) is 0 Å². The number of ether oxygens (including phenoxy) is 1. The number of hydrogen-bond acceptors (Lipinski definition) is 2. The molecule has 0 aromatic heterocycles. The van der Waals surface area contributed by atoms with Crippen LogP contribution in [0, 0.1) is 5.92 Å². The van der Waals surface area contributed by atoms with Crippen LogP contribution in [0.3, 0.4) is 0 Å². The van der Waals surface area contributed by atoms with E-state index in [1.54, 1.807) is 0 Å². The first-order chi connectivity index (χ1) is 8.16. The van der Waals surface area contributed by atoms with Crippen LogP contribution in [-0.2, 0) is 0 Å². The molecule has 2 rings (SSSR count). The van der Waals surface area contributed by atoms with Crippen molar-refractivity contribution in [1.29, 1.82) is 0 Å². The van der Waals surface area contributed by atoms with Crippen LogP contribution in [0.2, 0.25) is 0 Å². The first-order valence-electron chi connectivity index (χ1n) is 6.69. The lowest BCUT2D eigenvalue weighted by Crippen LogP contribution is -2.28. The fourth-order valence-corrected chi connectivity index (χ4v) is 2.50. The van der Waals surface area contributed by atoms with Crippen LogP contribution in [0.1, 0.15) is 51.1 Å². The maximum Gasteiger partial charge on any atom is 0.120 e. The minimum absolute atomic E-state index is 0.0716. The van der Waals surface area contributed by atoms with Crippen molar-refractivity contribution in [2.24, 2.45) is 11.7 Å². The Kier molecular flexibility index (Phi) is 4.06. The molecule has 0 aliphatic heterocycles. The molecule has 0 spiro atoms. The quantitative estimate of drug-likeness (QED) is 0.864. The summed E-state index contributed by atoms with van der Waals surface area (Å²) >= 11 is 0. The summed E-state index contributed by atoms with van der Waals surface area (Å²) in [4.78, 5) is 0. The average molecular weight is 233 g/mol. The molecule has 2 heteroatoms. The molecular formula is C15H23NO. The zero-order valence-electron chi connectivity index (χ0n) is 10.9. The standard InChI is InChI=1S/C15H23NO/c1-11-6-3-4-9-15(11)17-14-8-5-7-13(10-14)12(2)16/h5,7-8,10-12,15H,3-4,6,9,16H2,1-2H3. The predicted octanol–water partition coefficient (Wildman–Crippen LogP) is 3.66. The van der Waals surface area contributed by atoms with E-state index < -0.39 is 0 Å². The second-order valence-electron chi connectivity index (χ2n) is 5.28. The van der Waals surface area contributed by atoms with Gasteiger partial charge >= 0.3 is 0 Å². The van der Waals surface area contributed by atoms with E-state index in [-0.39, 0.29) is 6.04 Å². The van der Waals surface area contributed by atoms with Gasteiger partial charge in [0.2, 0.25) is 0 Å². The van der Waals surface area contributed by atoms with Gasteiger partial charge in [0, 0.05) is 6.04 Å². The van der Waals surface area contributed by atoms with E-state index in [1.165, 1.54) is 25.7 Å². The molecule has 1 aliphatic rings. The van der Waals surface area contributed by atoms with Crippen molar-refractivity contribution in [3.63, 3.8) is 0 Å². The van der Waals surface area contributed by atoms with E-state index in [9.17, 15) is 0 Å². The van der Waals surface area contributed by atoms with Crippen molar-refractivity contribution < 1.29 is 4.74 Å². The molecule has 1 aromatic carbocycles. The maximum absolute atomic E-state index is 6.10. The SMILES string of the molecule is CC(N)c1cccc(OC2CCCCC2C)c1. The average Bonchev–Trinajstić information content (AvgIpc) is 2.32. The second-order valence-corrected chi connectivity index (χ2v) is 5.28. The van der Waals surface area contributed by atoms with E-state index in [0.29, 0.717) is 12.0 Å². The van der Waals surface area contributed by atoms with Crippen LogP contribution < -0.4 is 10.5 Å². The van der Waals surface area contributed by atoms with Crippen LogP contribution in [0.25, 0.3) is 0 Å². The van der Waals surface area contributed by atoms with E-state index >= 15 is 0 Å². The molecule has 0 radical (unpaired) electrons. The van der Waals surface area contributed by atoms with E-state index in [4.69, 9.17) is 10.5 Å². The Labute approximate surface area is 104 Å². The Hall–Kier alpha value is -1.02. The molecule has 0 bridgehead atoms. The lowest BCUT2D eigenvalue weighted by Gasteiger charge is -2.29. The topological polar surface area (TPSA) is 35.2 Å². The highest BCUT2D eigenvalue weighted by atomic mass is 16.5. The van der Waals surface area contributed by atoms with Crippen LogP contribution in [-0.4, -0.2) is 6.10 Å². The summed E-state index contributed by atoms with van der Waals surface area (Å²) in [6, 6.07) is 8.27. The molecule has 94 valence electrons. The Morgan fingerprint density at radius 2 is 2.06 bits per heavy atom. The second kappa shape index (κ2) is 5.54. The summed E-state index contributed by atoms with van der Waals surface area (Å²) in [5.41, 5.74) is 7.03. The Balaban J connectivity index is 2.04. The van der Waals surface area contributed by atoms with Gasteiger partial charge < -0.3 is 10.5 Å². The minimum atomic E-state index is 0.0716. The molecule has 2 nitrogen and oxygen atoms in total. The molecule has 3 atom stereocenters. The largest absolute Gasteiger partial charge is 0.490 e. The molecule has 1 saturated carbocycles. The summed E-state index contributed by atoms with van der Waals surface area (Å²) in [7, 11) is 0. The molecule has 1 fully saturated rings. The third kappa shape index (κ3) is 3.22. The van der Waals surface area contributed by atoms with Gasteiger partial charge in [0.15, 0.2) is 0 Å². The zero-order chi connectivity index (χ0) is 12.3. The number of rotatable bonds is 3. The molecule has 1 aliphatic carbocycles. The third-order valence-corrected chi connectivity index (χ3v) is 3.70. The fourth-order valence-electron chi connectivity index (χ4n) is 2.50. The normalized spacial score (nSPS) is 26.5. The highest BCUT2D eigenvalue weighted by Gasteiger charge is 2.22. The zero-order valence-corrected chi connectivity index (χ0v) is 10.9. The molecular weight excluding hydrogens is 210 g/mol. The van der Waals surface area contributed by atoms with E-state index in [0.717, 1.165) is 11.3 Å². The van der Waals surface area contributed by atoms with Crippen molar-refractivity contribution in [2.75, 3.05) is 0 Å². The van der Waals surface area contributed by atoms with Gasteiger partial charge in [-0.15, -0.1) is 0 Å². The smallest absolute Gasteiger partial charge is 0.120 e. The first kappa shape index (κ1) is 12.4. The number of nitrogens with two attached hydrogens (primary N) is 1. The van der Waals surface area contributed by atoms with E-state index in [1.807, 2.05) is 19.1 Å². The summed E-state index contributed by atoms with van der Waals surface area (Å²) in [5, 5.41) is 0. The van der Waals surface area contributed by atoms with Crippen LogP contribution in [0.5, 0.6) is 5.75 Å². The lowest BCUT2D eigenvalue weighted by atomic mass is 9.88. The van der Waals surface area contributed by atoms with Crippen molar-refractivity contribution in [2.45, 2.75) is 51.7 Å². The summed E-state index contributed by atoms with van der Waals surface area (Å²) in [6.07, 6.45) is 5.50. The van der Waals surface area contributed by atoms with Crippen LogP contribution >= 0.6 is 0 Å². The van der Waals surface area contributed by atoms with Crippen molar-refractivity contribution >= 4 is 0 Å². The molecule has 17 heavy (non-hydrogen) atoms. The predicted molar refractivity (Wildman–Crippen MR) is 71.1 cm³/mol. The molecule has 1 aromatic rings. The van der Waals surface area contributed by atoms with Gasteiger partial charge in [-0.3, -0.25) is 0 Å². The van der Waals surface area contributed by atoms with Crippen molar-refractivity contribution in [3.05, 3.63) is 29.8 Å². The van der Waals surface area contributed by atoms with Gasteiger partial charge in [0.05, 0.1) is 0 Å². The monoisotopic (exact) mass is 233 g/mol. The number of benzene rings is 1. The minimum Gasteiger partial charge on any atom is -0.490 e. The van der Waals surface area contributed by atoms with Gasteiger partial charge in [0.25, 0.3) is 0 Å². The molecule has 0 amide bonds. The summed E-state index contributed by atoms with van der Waals surface area (Å²) in [5.74, 6) is 1.64. The van der Waals surface area contributed by atoms with Gasteiger partial charge in [-0.05, 0) is 49.8 Å². The Morgan fingerprint density at radius 1 is 1.29 bits per heavy atom. The summed E-state index contributed by atoms with van der Waals surface area (Å²) in [6.45, 7) is 4.29. The number of hydrogen-bond donors (Lipinski definition) is 1. The third-order valence-electron chi connectivity index (χ3n) is 3.70. The Bertz CT molecular complexity index is 362. The van der Waals surface area contributed by atoms with Gasteiger partial charge in [-0.25, -0.2) is 0 Å². The molecule has 3 unspecified atom stereocenters. The van der Waals surface area contributed by atoms with E-state index in [2.05, 4.69) is 19.1 Å². The van der Waals surface area contributed by atoms with Gasteiger partial charge in [-0.1, -0.05) is 25.5 Å². The van der Waals surface area contributed by atoms with Gasteiger partial charge in [0.1, 0.15) is 11.9 Å². The van der Waals surface area contributed by atoms with Gasteiger partial charge in [-0.2, -0.15) is 0 Å². The highest BCUT2D eigenvalue weighted by molar-refractivity contribution is 5.30. The lowest BCUT2D eigenvalue weighted by molar-refractivity contribution is 0.102. The molecule has 0 heterocycles. The van der Waals surface area contributed by atoms with Crippen LogP contribution in [0.15, 0.2) is 24.3 Å². The fraction of sp³-hybridized carbons (Fsp3) is 0.600. The highest BCUT2D eigenvalue weighted by Crippen LogP contribution is 2.28.